The summed E-state index contributed by atoms with van der Waals surface area (Å²) in [7, 11) is 0. The molecule has 76 valence electrons. The molecular weight excluding hydrogens is 282 g/mol. The van der Waals surface area contributed by atoms with Crippen LogP contribution in [0.25, 0.3) is 11.3 Å². The number of benzene rings is 1. The normalized spacial score (nSPS) is 10.3. The summed E-state index contributed by atoms with van der Waals surface area (Å²) in [5.74, 6) is -0.334. The average molecular weight is 288 g/mol. The standard InChI is InChI=1S/C10H5BrClFN2/c11-10-14-8(5-9(12)15-10)6-3-1-2-4-7(6)13/h1-5H. The molecule has 2 rings (SSSR count). The molecule has 0 fully saturated rings. The van der Waals surface area contributed by atoms with Gasteiger partial charge in [0.25, 0.3) is 0 Å². The van der Waals surface area contributed by atoms with Gasteiger partial charge in [0.1, 0.15) is 11.0 Å². The highest BCUT2D eigenvalue weighted by molar-refractivity contribution is 9.10. The molecule has 2 aromatic rings. The summed E-state index contributed by atoms with van der Waals surface area (Å²) in [5, 5.41) is 0.273. The molecule has 0 N–H and O–H groups in total. The van der Waals surface area contributed by atoms with Crippen LogP contribution in [0.2, 0.25) is 5.15 Å². The quantitative estimate of drug-likeness (QED) is 0.590. The summed E-state index contributed by atoms with van der Waals surface area (Å²) >= 11 is 8.85. The second-order valence-corrected chi connectivity index (χ2v) is 3.92. The van der Waals surface area contributed by atoms with E-state index in [4.69, 9.17) is 11.6 Å². The van der Waals surface area contributed by atoms with Crippen molar-refractivity contribution >= 4 is 27.5 Å². The maximum Gasteiger partial charge on any atom is 0.198 e. The van der Waals surface area contributed by atoms with Crippen molar-refractivity contribution in [2.75, 3.05) is 0 Å². The molecule has 0 aliphatic carbocycles. The van der Waals surface area contributed by atoms with Gasteiger partial charge in [-0.2, -0.15) is 0 Å². The Kier molecular flexibility index (Phi) is 2.98. The van der Waals surface area contributed by atoms with E-state index in [-0.39, 0.29) is 11.0 Å². The minimum atomic E-state index is -0.334. The molecule has 0 bridgehead atoms. The third-order valence-corrected chi connectivity index (χ3v) is 2.37. The van der Waals surface area contributed by atoms with Crippen molar-refractivity contribution < 1.29 is 4.39 Å². The molecule has 0 aliphatic rings. The lowest BCUT2D eigenvalue weighted by atomic mass is 10.1. The van der Waals surface area contributed by atoms with E-state index in [1.165, 1.54) is 12.1 Å². The molecule has 5 heteroatoms. The summed E-state index contributed by atoms with van der Waals surface area (Å²) in [6.07, 6.45) is 0. The molecule has 0 saturated carbocycles. The van der Waals surface area contributed by atoms with Crippen LogP contribution in [0.3, 0.4) is 0 Å². The van der Waals surface area contributed by atoms with E-state index >= 15 is 0 Å². The van der Waals surface area contributed by atoms with Crippen molar-refractivity contribution in [3.8, 4) is 11.3 Å². The Bertz CT molecular complexity index is 484. The Morgan fingerprint density at radius 2 is 1.93 bits per heavy atom. The van der Waals surface area contributed by atoms with Crippen LogP contribution in [0, 0.1) is 5.82 Å². The first-order valence-corrected chi connectivity index (χ1v) is 5.29. The predicted molar refractivity (Wildman–Crippen MR) is 60.1 cm³/mol. The zero-order valence-corrected chi connectivity index (χ0v) is 9.76. The van der Waals surface area contributed by atoms with Crippen LogP contribution in [-0.2, 0) is 0 Å². The fourth-order valence-corrected chi connectivity index (χ4v) is 1.86. The monoisotopic (exact) mass is 286 g/mol. The summed E-state index contributed by atoms with van der Waals surface area (Å²) in [6, 6.07) is 7.89. The molecular formula is C10H5BrClFN2. The van der Waals surface area contributed by atoms with Gasteiger partial charge in [0.2, 0.25) is 0 Å². The van der Waals surface area contributed by atoms with Crippen molar-refractivity contribution in [3.05, 3.63) is 46.0 Å². The van der Waals surface area contributed by atoms with Crippen molar-refractivity contribution in [1.29, 1.82) is 0 Å². The maximum atomic E-state index is 13.4. The van der Waals surface area contributed by atoms with E-state index < -0.39 is 0 Å². The highest BCUT2D eigenvalue weighted by Gasteiger charge is 2.07. The van der Waals surface area contributed by atoms with Gasteiger partial charge >= 0.3 is 0 Å². The summed E-state index contributed by atoms with van der Waals surface area (Å²) < 4.78 is 13.8. The second kappa shape index (κ2) is 4.24. The van der Waals surface area contributed by atoms with Crippen LogP contribution < -0.4 is 0 Å². The molecule has 0 spiro atoms. The molecule has 0 aliphatic heterocycles. The first kappa shape index (κ1) is 10.5. The lowest BCUT2D eigenvalue weighted by Crippen LogP contribution is -1.90. The first-order chi connectivity index (χ1) is 7.16. The fourth-order valence-electron chi connectivity index (χ4n) is 1.20. The number of halogens is 3. The van der Waals surface area contributed by atoms with Gasteiger partial charge < -0.3 is 0 Å². The van der Waals surface area contributed by atoms with Gasteiger partial charge in [-0.25, -0.2) is 14.4 Å². The van der Waals surface area contributed by atoms with Gasteiger partial charge in [-0.15, -0.1) is 0 Å². The van der Waals surface area contributed by atoms with Crippen molar-refractivity contribution in [2.24, 2.45) is 0 Å². The van der Waals surface area contributed by atoms with Crippen molar-refractivity contribution in [3.63, 3.8) is 0 Å². The van der Waals surface area contributed by atoms with Crippen molar-refractivity contribution in [1.82, 2.24) is 9.97 Å². The molecule has 15 heavy (non-hydrogen) atoms. The molecule has 0 radical (unpaired) electrons. The van der Waals surface area contributed by atoms with Crippen LogP contribution in [-0.4, -0.2) is 9.97 Å². The third-order valence-electron chi connectivity index (χ3n) is 1.82. The Labute approximate surface area is 99.3 Å². The van der Waals surface area contributed by atoms with Crippen LogP contribution in [0.5, 0.6) is 0 Å². The van der Waals surface area contributed by atoms with Gasteiger partial charge in [-0.05, 0) is 28.1 Å². The topological polar surface area (TPSA) is 25.8 Å². The smallest absolute Gasteiger partial charge is 0.198 e. The molecule has 1 aromatic heterocycles. The molecule has 2 nitrogen and oxygen atoms in total. The Balaban J connectivity index is 2.59. The first-order valence-electron chi connectivity index (χ1n) is 4.12. The Morgan fingerprint density at radius 1 is 1.20 bits per heavy atom. The third kappa shape index (κ3) is 2.33. The van der Waals surface area contributed by atoms with E-state index in [0.29, 0.717) is 16.0 Å². The molecule has 0 saturated heterocycles. The summed E-state index contributed by atoms with van der Waals surface area (Å²) in [6.45, 7) is 0. The Morgan fingerprint density at radius 3 is 2.60 bits per heavy atom. The van der Waals surface area contributed by atoms with E-state index in [2.05, 4.69) is 25.9 Å². The molecule has 0 atom stereocenters. The summed E-state index contributed by atoms with van der Waals surface area (Å²) in [5.41, 5.74) is 0.863. The zero-order valence-electron chi connectivity index (χ0n) is 7.42. The van der Waals surface area contributed by atoms with Gasteiger partial charge in [-0.1, -0.05) is 23.7 Å². The van der Waals surface area contributed by atoms with Crippen LogP contribution in [0.1, 0.15) is 0 Å². The SMILES string of the molecule is Fc1ccccc1-c1cc(Cl)nc(Br)n1. The second-order valence-electron chi connectivity index (χ2n) is 2.82. The summed E-state index contributed by atoms with van der Waals surface area (Å²) in [4.78, 5) is 7.88. The number of aromatic nitrogens is 2. The lowest BCUT2D eigenvalue weighted by Gasteiger charge is -2.02. The minimum absolute atomic E-state index is 0.273. The van der Waals surface area contributed by atoms with Crippen LogP contribution >= 0.6 is 27.5 Å². The molecule has 0 amide bonds. The molecule has 0 unspecified atom stereocenters. The van der Waals surface area contributed by atoms with Crippen LogP contribution in [0.15, 0.2) is 35.1 Å². The Hall–Kier alpha value is -1.00. The van der Waals surface area contributed by atoms with Crippen LogP contribution in [0.4, 0.5) is 4.39 Å². The highest BCUT2D eigenvalue weighted by atomic mass is 79.9. The number of rotatable bonds is 1. The average Bonchev–Trinajstić information content (AvgIpc) is 2.16. The number of hydrogen-bond acceptors (Lipinski definition) is 2. The van der Waals surface area contributed by atoms with Gasteiger partial charge in [0, 0.05) is 11.6 Å². The zero-order chi connectivity index (χ0) is 10.8. The highest BCUT2D eigenvalue weighted by Crippen LogP contribution is 2.23. The number of nitrogens with zero attached hydrogens (tertiary/aromatic N) is 2. The molecule has 1 aromatic carbocycles. The van der Waals surface area contributed by atoms with E-state index in [9.17, 15) is 4.39 Å². The predicted octanol–water partition coefficient (Wildman–Crippen LogP) is 3.70. The molecule has 1 heterocycles. The minimum Gasteiger partial charge on any atom is -0.222 e. The van der Waals surface area contributed by atoms with E-state index in [1.54, 1.807) is 18.2 Å². The fraction of sp³-hybridized carbons (Fsp3) is 0. The van der Waals surface area contributed by atoms with E-state index in [1.807, 2.05) is 0 Å². The number of hydrogen-bond donors (Lipinski definition) is 0. The van der Waals surface area contributed by atoms with Gasteiger partial charge in [0.15, 0.2) is 4.73 Å². The lowest BCUT2D eigenvalue weighted by molar-refractivity contribution is 0.630. The van der Waals surface area contributed by atoms with E-state index in [0.717, 1.165) is 0 Å². The van der Waals surface area contributed by atoms with Crippen molar-refractivity contribution in [2.45, 2.75) is 0 Å². The van der Waals surface area contributed by atoms with Gasteiger partial charge in [0.05, 0.1) is 5.69 Å². The van der Waals surface area contributed by atoms with Gasteiger partial charge in [-0.3, -0.25) is 0 Å². The maximum absolute atomic E-state index is 13.4. The largest absolute Gasteiger partial charge is 0.222 e.